The van der Waals surface area contributed by atoms with Gasteiger partial charge in [0, 0.05) is 37.4 Å². The van der Waals surface area contributed by atoms with Crippen molar-refractivity contribution >= 4 is 17.1 Å². The van der Waals surface area contributed by atoms with Gasteiger partial charge in [0.1, 0.15) is 0 Å². The van der Waals surface area contributed by atoms with Gasteiger partial charge in [0.2, 0.25) is 0 Å². The van der Waals surface area contributed by atoms with Crippen LogP contribution in [0.5, 0.6) is 0 Å². The summed E-state index contributed by atoms with van der Waals surface area (Å²) in [6.07, 6.45) is 1.26. The predicted octanol–water partition coefficient (Wildman–Crippen LogP) is -0.0186. The van der Waals surface area contributed by atoms with E-state index in [1.807, 2.05) is 6.92 Å². The second-order valence-electron chi connectivity index (χ2n) is 4.73. The average molecular weight is 309 g/mol. The summed E-state index contributed by atoms with van der Waals surface area (Å²) in [6.45, 7) is 3.61. The maximum absolute atomic E-state index is 12.0. The summed E-state index contributed by atoms with van der Waals surface area (Å²) in [6, 6.07) is 0. The van der Waals surface area contributed by atoms with Gasteiger partial charge >= 0.3 is 10.6 Å². The Kier molecular flexibility index (Phi) is 4.08. The SMILES string of the molecule is CC(=O)c1cn(CCn2c(C)csc2=O)c(=O)n(C)c1=O. The standard InChI is InChI=1S/C13H15N3O4S/c1-8-7-21-13(20)16(8)5-4-15-6-10(9(2)17)11(18)14(3)12(15)19/h6-7H,4-5H2,1-3H3. The van der Waals surface area contributed by atoms with Gasteiger partial charge in [-0.3, -0.25) is 23.5 Å². The summed E-state index contributed by atoms with van der Waals surface area (Å²) in [5, 5.41) is 1.74. The number of rotatable bonds is 4. The molecule has 7 nitrogen and oxygen atoms in total. The van der Waals surface area contributed by atoms with Gasteiger partial charge in [-0.15, -0.1) is 0 Å². The zero-order valence-corrected chi connectivity index (χ0v) is 12.8. The Morgan fingerprint density at radius 1 is 1.24 bits per heavy atom. The van der Waals surface area contributed by atoms with Crippen LogP contribution in [0.2, 0.25) is 0 Å². The summed E-state index contributed by atoms with van der Waals surface area (Å²) < 4.78 is 3.73. The highest BCUT2D eigenvalue weighted by Gasteiger charge is 2.12. The van der Waals surface area contributed by atoms with Crippen LogP contribution in [0, 0.1) is 6.92 Å². The zero-order valence-electron chi connectivity index (χ0n) is 12.0. The molecule has 0 aliphatic rings. The summed E-state index contributed by atoms with van der Waals surface area (Å²) in [5.41, 5.74) is -0.334. The lowest BCUT2D eigenvalue weighted by Gasteiger charge is -2.10. The van der Waals surface area contributed by atoms with Gasteiger partial charge in [-0.1, -0.05) is 11.3 Å². The number of aryl methyl sites for hydroxylation is 2. The maximum atomic E-state index is 12.0. The van der Waals surface area contributed by atoms with E-state index in [9.17, 15) is 19.2 Å². The minimum absolute atomic E-state index is 0.0357. The number of Topliss-reactive ketones (excluding diaryl/α,β-unsaturated/α-hetero) is 1. The molecule has 0 unspecified atom stereocenters. The summed E-state index contributed by atoms with van der Waals surface area (Å²) in [4.78, 5) is 46.8. The van der Waals surface area contributed by atoms with E-state index in [4.69, 9.17) is 0 Å². The number of carbonyl (C=O) groups is 1. The first-order chi connectivity index (χ1) is 9.82. The third-order valence-electron chi connectivity index (χ3n) is 3.27. The van der Waals surface area contributed by atoms with Crippen LogP contribution < -0.4 is 16.1 Å². The fourth-order valence-corrected chi connectivity index (χ4v) is 2.77. The van der Waals surface area contributed by atoms with Gasteiger partial charge in [-0.05, 0) is 13.8 Å². The minimum atomic E-state index is -0.604. The molecule has 0 amide bonds. The van der Waals surface area contributed by atoms with Crippen molar-refractivity contribution in [2.45, 2.75) is 26.9 Å². The first-order valence-corrected chi connectivity index (χ1v) is 7.17. The molecular weight excluding hydrogens is 294 g/mol. The molecule has 2 rings (SSSR count). The molecule has 0 aliphatic heterocycles. The van der Waals surface area contributed by atoms with E-state index in [2.05, 4.69) is 0 Å². The van der Waals surface area contributed by atoms with Crippen LogP contribution in [0.3, 0.4) is 0 Å². The first kappa shape index (κ1) is 15.2. The monoisotopic (exact) mass is 309 g/mol. The van der Waals surface area contributed by atoms with Crippen molar-refractivity contribution in [3.63, 3.8) is 0 Å². The normalized spacial score (nSPS) is 10.8. The van der Waals surface area contributed by atoms with Crippen LogP contribution >= 0.6 is 11.3 Å². The van der Waals surface area contributed by atoms with E-state index in [-0.39, 0.29) is 17.0 Å². The molecule has 8 heteroatoms. The van der Waals surface area contributed by atoms with Crippen LogP contribution in [0.25, 0.3) is 0 Å². The van der Waals surface area contributed by atoms with E-state index >= 15 is 0 Å². The van der Waals surface area contributed by atoms with Crippen LogP contribution in [0.4, 0.5) is 0 Å². The van der Waals surface area contributed by atoms with Crippen molar-refractivity contribution < 1.29 is 4.79 Å². The van der Waals surface area contributed by atoms with E-state index in [0.29, 0.717) is 6.54 Å². The summed E-state index contributed by atoms with van der Waals surface area (Å²) in [5.74, 6) is -0.395. The Labute approximate surface area is 123 Å². The lowest BCUT2D eigenvalue weighted by Crippen LogP contribution is -2.41. The molecule has 0 radical (unpaired) electrons. The maximum Gasteiger partial charge on any atom is 0.330 e. The highest BCUT2D eigenvalue weighted by molar-refractivity contribution is 7.07. The number of carbonyl (C=O) groups excluding carboxylic acids is 1. The molecule has 2 aromatic rings. The summed E-state index contributed by atoms with van der Waals surface area (Å²) in [7, 11) is 1.33. The van der Waals surface area contributed by atoms with Crippen molar-refractivity contribution in [3.05, 3.63) is 53.3 Å². The highest BCUT2D eigenvalue weighted by atomic mass is 32.1. The number of hydrogen-bond acceptors (Lipinski definition) is 5. The van der Waals surface area contributed by atoms with Crippen molar-refractivity contribution in [3.8, 4) is 0 Å². The first-order valence-electron chi connectivity index (χ1n) is 6.29. The highest BCUT2D eigenvalue weighted by Crippen LogP contribution is 2.00. The average Bonchev–Trinajstić information content (AvgIpc) is 2.74. The molecule has 0 aliphatic carbocycles. The van der Waals surface area contributed by atoms with Gasteiger partial charge < -0.3 is 4.57 Å². The fourth-order valence-electron chi connectivity index (χ4n) is 2.01. The molecule has 2 heterocycles. The lowest BCUT2D eigenvalue weighted by atomic mass is 10.2. The topological polar surface area (TPSA) is 83.1 Å². The van der Waals surface area contributed by atoms with Crippen LogP contribution in [-0.4, -0.2) is 19.5 Å². The van der Waals surface area contributed by atoms with Crippen molar-refractivity contribution in [2.24, 2.45) is 7.05 Å². The Hall–Kier alpha value is -2.22. The number of ketones is 1. The molecule has 0 atom stereocenters. The fraction of sp³-hybridized carbons (Fsp3) is 0.385. The number of aromatic nitrogens is 3. The molecule has 21 heavy (non-hydrogen) atoms. The Balaban J connectivity index is 2.42. The number of hydrogen-bond donors (Lipinski definition) is 0. The molecule has 0 bridgehead atoms. The van der Waals surface area contributed by atoms with Gasteiger partial charge in [0.15, 0.2) is 5.78 Å². The van der Waals surface area contributed by atoms with Crippen LogP contribution in [-0.2, 0) is 20.1 Å². The predicted molar refractivity (Wildman–Crippen MR) is 79.3 cm³/mol. The molecule has 0 fully saturated rings. The van der Waals surface area contributed by atoms with Crippen LogP contribution in [0.15, 0.2) is 26.0 Å². The molecule has 0 N–H and O–H groups in total. The smallest absolute Gasteiger partial charge is 0.302 e. The van der Waals surface area contributed by atoms with Gasteiger partial charge in [0.25, 0.3) is 5.56 Å². The number of thiazole rings is 1. The van der Waals surface area contributed by atoms with Crippen molar-refractivity contribution in [1.82, 2.24) is 13.7 Å². The summed E-state index contributed by atoms with van der Waals surface area (Å²) >= 11 is 1.09. The zero-order chi connectivity index (χ0) is 15.7. The molecule has 0 saturated heterocycles. The molecular formula is C13H15N3O4S. The van der Waals surface area contributed by atoms with Crippen molar-refractivity contribution in [1.29, 1.82) is 0 Å². The molecule has 0 spiro atoms. The van der Waals surface area contributed by atoms with Crippen molar-refractivity contribution in [2.75, 3.05) is 0 Å². The van der Waals surface area contributed by atoms with Gasteiger partial charge in [-0.25, -0.2) is 4.79 Å². The molecule has 112 valence electrons. The lowest BCUT2D eigenvalue weighted by molar-refractivity contribution is 0.101. The van der Waals surface area contributed by atoms with E-state index in [1.165, 1.54) is 24.7 Å². The Morgan fingerprint density at radius 3 is 2.43 bits per heavy atom. The molecule has 2 aromatic heterocycles. The number of nitrogens with zero attached hydrogens (tertiary/aromatic N) is 3. The van der Waals surface area contributed by atoms with Gasteiger partial charge in [-0.2, -0.15) is 0 Å². The Bertz CT molecular complexity index is 869. The third-order valence-corrected chi connectivity index (χ3v) is 4.15. The molecule has 0 aromatic carbocycles. The molecule has 0 saturated carbocycles. The largest absolute Gasteiger partial charge is 0.330 e. The van der Waals surface area contributed by atoms with E-state index < -0.39 is 17.0 Å². The third kappa shape index (κ3) is 2.80. The van der Waals surface area contributed by atoms with Crippen LogP contribution in [0.1, 0.15) is 23.0 Å². The van der Waals surface area contributed by atoms with Gasteiger partial charge in [0.05, 0.1) is 5.56 Å². The second kappa shape index (κ2) is 5.65. The van der Waals surface area contributed by atoms with E-state index in [1.54, 1.807) is 9.95 Å². The second-order valence-corrected chi connectivity index (χ2v) is 5.55. The Morgan fingerprint density at radius 2 is 1.90 bits per heavy atom. The minimum Gasteiger partial charge on any atom is -0.302 e. The quantitative estimate of drug-likeness (QED) is 0.743. The van der Waals surface area contributed by atoms with E-state index in [0.717, 1.165) is 21.6 Å².